The van der Waals surface area contributed by atoms with Crippen molar-refractivity contribution in [2.75, 3.05) is 6.61 Å². The van der Waals surface area contributed by atoms with Gasteiger partial charge in [0.15, 0.2) is 6.17 Å². The Morgan fingerprint density at radius 2 is 2.23 bits per heavy atom. The third-order valence-corrected chi connectivity index (χ3v) is 3.56. The standard InChI is InChI=1S/C10H13F2N2O7P/c1-5-3-14(9(16)13-8(5)15)7-2-6(11)10(12,21-7)4-20-22(17,18)19/h3,6-7H,2,4H2,1H3,(H,13,15,16)(H2,17,18,19)/t6-,7?,10+/m0/s1. The molecule has 1 aromatic heterocycles. The van der Waals surface area contributed by atoms with Crippen molar-refractivity contribution in [3.8, 4) is 0 Å². The molecule has 2 heterocycles. The Kier molecular flexibility index (Phi) is 4.37. The van der Waals surface area contributed by atoms with E-state index in [2.05, 4.69) is 4.52 Å². The Hall–Kier alpha value is -1.39. The second-order valence-corrected chi connectivity index (χ2v) is 6.04. The maximum Gasteiger partial charge on any atom is 0.469 e. The molecule has 1 fully saturated rings. The molecule has 0 aliphatic carbocycles. The van der Waals surface area contributed by atoms with Crippen LogP contribution in [-0.4, -0.2) is 38.0 Å². The third-order valence-electron chi connectivity index (χ3n) is 3.09. The van der Waals surface area contributed by atoms with Gasteiger partial charge in [-0.1, -0.05) is 0 Å². The quantitative estimate of drug-likeness (QED) is 0.650. The van der Waals surface area contributed by atoms with Crippen LogP contribution in [0, 0.1) is 6.92 Å². The minimum atomic E-state index is -5.01. The van der Waals surface area contributed by atoms with Crippen molar-refractivity contribution in [1.29, 1.82) is 0 Å². The number of phosphoric acid groups is 1. The molecular weight excluding hydrogens is 329 g/mol. The van der Waals surface area contributed by atoms with Crippen LogP contribution in [0.25, 0.3) is 0 Å². The van der Waals surface area contributed by atoms with E-state index in [-0.39, 0.29) is 5.56 Å². The molecule has 0 radical (unpaired) electrons. The van der Waals surface area contributed by atoms with Gasteiger partial charge in [0.1, 0.15) is 12.8 Å². The van der Waals surface area contributed by atoms with E-state index in [4.69, 9.17) is 14.5 Å². The van der Waals surface area contributed by atoms with E-state index >= 15 is 0 Å². The molecule has 2 rings (SSSR count). The summed E-state index contributed by atoms with van der Waals surface area (Å²) in [6.45, 7) is 0.0439. The van der Waals surface area contributed by atoms with Gasteiger partial charge >= 0.3 is 13.5 Å². The zero-order valence-corrected chi connectivity index (χ0v) is 12.1. The average molecular weight is 342 g/mol. The van der Waals surface area contributed by atoms with Crippen molar-refractivity contribution in [1.82, 2.24) is 9.55 Å². The van der Waals surface area contributed by atoms with Crippen molar-refractivity contribution >= 4 is 7.82 Å². The summed E-state index contributed by atoms with van der Waals surface area (Å²) >= 11 is 0. The minimum absolute atomic E-state index is 0.126. The first kappa shape index (κ1) is 17.0. The van der Waals surface area contributed by atoms with Crippen LogP contribution in [0.3, 0.4) is 0 Å². The highest BCUT2D eigenvalue weighted by molar-refractivity contribution is 7.46. The SMILES string of the molecule is Cc1cn(C2C[C@H](F)[C@@](F)(COP(=O)(O)O)O2)c(=O)[nH]c1=O. The number of nitrogens with zero attached hydrogens (tertiary/aromatic N) is 1. The van der Waals surface area contributed by atoms with Crippen molar-refractivity contribution in [3.05, 3.63) is 32.6 Å². The highest BCUT2D eigenvalue weighted by Gasteiger charge is 2.52. The fourth-order valence-corrected chi connectivity index (χ4v) is 2.31. The lowest BCUT2D eigenvalue weighted by atomic mass is 10.2. The maximum atomic E-state index is 14.2. The molecule has 1 unspecified atom stereocenters. The van der Waals surface area contributed by atoms with Crippen molar-refractivity contribution < 1.29 is 32.4 Å². The summed E-state index contributed by atoms with van der Waals surface area (Å²) in [5.74, 6) is -3.12. The van der Waals surface area contributed by atoms with E-state index in [1.807, 2.05) is 4.98 Å². The second-order valence-electron chi connectivity index (χ2n) is 4.80. The molecule has 1 aliphatic heterocycles. The molecule has 22 heavy (non-hydrogen) atoms. The number of aromatic nitrogens is 2. The molecule has 9 nitrogen and oxygen atoms in total. The summed E-state index contributed by atoms with van der Waals surface area (Å²) in [7, 11) is -5.01. The van der Waals surface area contributed by atoms with E-state index in [9.17, 15) is 22.9 Å². The van der Waals surface area contributed by atoms with Crippen LogP contribution < -0.4 is 11.2 Å². The van der Waals surface area contributed by atoms with Gasteiger partial charge in [-0.25, -0.2) is 18.1 Å². The predicted octanol–water partition coefficient (Wildman–Crippen LogP) is -0.123. The molecular formula is C10H13F2N2O7P. The molecule has 3 N–H and O–H groups in total. The maximum absolute atomic E-state index is 14.2. The summed E-state index contributed by atoms with van der Waals surface area (Å²) in [5.41, 5.74) is -1.44. The molecule has 1 aliphatic rings. The van der Waals surface area contributed by atoms with Crippen LogP contribution >= 0.6 is 7.82 Å². The summed E-state index contributed by atoms with van der Waals surface area (Å²) < 4.78 is 48.0. The van der Waals surface area contributed by atoms with Crippen LogP contribution in [-0.2, 0) is 13.8 Å². The van der Waals surface area contributed by atoms with Gasteiger partial charge in [-0.05, 0) is 6.92 Å². The Balaban J connectivity index is 2.24. The number of ether oxygens (including phenoxy) is 1. The summed E-state index contributed by atoms with van der Waals surface area (Å²) in [5, 5.41) is 0. The number of H-pyrrole nitrogens is 1. The predicted molar refractivity (Wildman–Crippen MR) is 67.5 cm³/mol. The van der Waals surface area contributed by atoms with Gasteiger partial charge in [0.05, 0.1) is 0 Å². The van der Waals surface area contributed by atoms with E-state index < -0.39 is 50.4 Å². The number of hydrogen-bond acceptors (Lipinski definition) is 5. The van der Waals surface area contributed by atoms with E-state index in [0.717, 1.165) is 10.8 Å². The van der Waals surface area contributed by atoms with Gasteiger partial charge in [-0.2, -0.15) is 0 Å². The zero-order valence-electron chi connectivity index (χ0n) is 11.2. The summed E-state index contributed by atoms with van der Waals surface area (Å²) in [6, 6.07) is 0. The number of alkyl halides is 2. The largest absolute Gasteiger partial charge is 0.469 e. The Labute approximate surface area is 121 Å². The first-order valence-electron chi connectivity index (χ1n) is 6.05. The van der Waals surface area contributed by atoms with Crippen LogP contribution in [0.2, 0.25) is 0 Å². The molecule has 0 bridgehead atoms. The van der Waals surface area contributed by atoms with Gasteiger partial charge in [0.25, 0.3) is 11.4 Å². The number of nitrogens with one attached hydrogen (secondary N) is 1. The molecule has 0 saturated carbocycles. The van der Waals surface area contributed by atoms with Gasteiger partial charge in [-0.15, -0.1) is 0 Å². The van der Waals surface area contributed by atoms with E-state index in [1.165, 1.54) is 6.92 Å². The Morgan fingerprint density at radius 3 is 2.82 bits per heavy atom. The third kappa shape index (κ3) is 3.50. The second kappa shape index (κ2) is 5.67. The average Bonchev–Trinajstić information content (AvgIpc) is 2.68. The van der Waals surface area contributed by atoms with Crippen molar-refractivity contribution in [3.63, 3.8) is 0 Å². The lowest BCUT2D eigenvalue weighted by Crippen LogP contribution is -2.37. The molecule has 0 spiro atoms. The Bertz CT molecular complexity index is 729. The highest BCUT2D eigenvalue weighted by Crippen LogP contribution is 2.44. The monoisotopic (exact) mass is 342 g/mol. The van der Waals surface area contributed by atoms with Gasteiger partial charge in [0.2, 0.25) is 0 Å². The molecule has 0 amide bonds. The van der Waals surface area contributed by atoms with Gasteiger partial charge in [0, 0.05) is 18.2 Å². The minimum Gasteiger partial charge on any atom is -0.317 e. The molecule has 0 aromatic carbocycles. The lowest BCUT2D eigenvalue weighted by molar-refractivity contribution is -0.193. The van der Waals surface area contributed by atoms with E-state index in [0.29, 0.717) is 0 Å². The molecule has 12 heteroatoms. The molecule has 3 atom stereocenters. The lowest BCUT2D eigenvalue weighted by Gasteiger charge is -2.22. The number of hydrogen-bond donors (Lipinski definition) is 3. The highest BCUT2D eigenvalue weighted by atomic mass is 31.2. The number of rotatable bonds is 4. The number of aromatic amines is 1. The number of halogens is 2. The van der Waals surface area contributed by atoms with Gasteiger partial charge < -0.3 is 14.5 Å². The first-order chi connectivity index (χ1) is 10.0. The normalized spacial score (nSPS) is 29.0. The summed E-state index contributed by atoms with van der Waals surface area (Å²) in [4.78, 5) is 41.9. The Morgan fingerprint density at radius 1 is 1.59 bits per heavy atom. The van der Waals surface area contributed by atoms with E-state index in [1.54, 1.807) is 0 Å². The molecule has 1 aromatic rings. The van der Waals surface area contributed by atoms with Crippen LogP contribution in [0.5, 0.6) is 0 Å². The molecule has 124 valence electrons. The first-order valence-corrected chi connectivity index (χ1v) is 7.58. The fourth-order valence-electron chi connectivity index (χ4n) is 1.97. The molecule has 1 saturated heterocycles. The smallest absolute Gasteiger partial charge is 0.317 e. The number of phosphoric ester groups is 1. The van der Waals surface area contributed by atoms with Crippen LogP contribution in [0.15, 0.2) is 15.8 Å². The van der Waals surface area contributed by atoms with Crippen LogP contribution in [0.4, 0.5) is 8.78 Å². The summed E-state index contributed by atoms with van der Waals surface area (Å²) in [6.07, 6.45) is -3.17. The van der Waals surface area contributed by atoms with Crippen LogP contribution in [0.1, 0.15) is 18.2 Å². The fraction of sp³-hybridized carbons (Fsp3) is 0.600. The van der Waals surface area contributed by atoms with Crippen molar-refractivity contribution in [2.45, 2.75) is 31.6 Å². The number of aryl methyl sites for hydroxylation is 1. The van der Waals surface area contributed by atoms with Gasteiger partial charge in [-0.3, -0.25) is 18.9 Å². The topological polar surface area (TPSA) is 131 Å². The van der Waals surface area contributed by atoms with Crippen molar-refractivity contribution in [2.24, 2.45) is 0 Å². The zero-order chi connectivity index (χ0) is 16.7.